The average Bonchev–Trinajstić information content (AvgIpc) is 2.29. The molecule has 1 aromatic carbocycles. The molecular formula is C11H18N2O3S. The largest absolute Gasteiger partial charge is 0.399 e. The number of nitrogen functional groups attached to an aromatic ring is 1. The summed E-state index contributed by atoms with van der Waals surface area (Å²) in [6.07, 6.45) is 0.703. The lowest BCUT2D eigenvalue weighted by atomic mass is 10.3. The number of sulfonamides is 1. The van der Waals surface area contributed by atoms with Crippen LogP contribution in [-0.4, -0.2) is 37.5 Å². The Morgan fingerprint density at radius 1 is 1.24 bits per heavy atom. The van der Waals surface area contributed by atoms with Crippen molar-refractivity contribution in [3.8, 4) is 0 Å². The third-order valence-electron chi connectivity index (χ3n) is 2.34. The molecule has 0 saturated heterocycles. The molecule has 0 aliphatic heterocycles. The van der Waals surface area contributed by atoms with Crippen molar-refractivity contribution < 1.29 is 13.5 Å². The zero-order chi connectivity index (χ0) is 12.9. The standard InChI is InChI=1S/C11H18N2O3S/c1-2-7-13(8-9-14)17(15,16)11-5-3-10(12)4-6-11/h3-6,14H,2,7-9,12H2,1H3. The first-order valence-electron chi connectivity index (χ1n) is 5.49. The highest BCUT2D eigenvalue weighted by atomic mass is 32.2. The topological polar surface area (TPSA) is 83.6 Å². The Bertz CT molecular complexity index is 436. The van der Waals surface area contributed by atoms with E-state index in [0.717, 1.165) is 0 Å². The van der Waals surface area contributed by atoms with Gasteiger partial charge in [-0.05, 0) is 30.7 Å². The number of aliphatic hydroxyl groups excluding tert-OH is 1. The van der Waals surface area contributed by atoms with Crippen LogP contribution in [0.25, 0.3) is 0 Å². The summed E-state index contributed by atoms with van der Waals surface area (Å²) in [6.45, 7) is 2.21. The molecule has 0 aliphatic carbocycles. The highest BCUT2D eigenvalue weighted by Crippen LogP contribution is 2.17. The zero-order valence-electron chi connectivity index (χ0n) is 9.83. The lowest BCUT2D eigenvalue weighted by Crippen LogP contribution is -2.34. The van der Waals surface area contributed by atoms with Crippen LogP contribution in [0.2, 0.25) is 0 Å². The van der Waals surface area contributed by atoms with E-state index in [1.165, 1.54) is 16.4 Å². The molecule has 5 nitrogen and oxygen atoms in total. The average molecular weight is 258 g/mol. The van der Waals surface area contributed by atoms with Gasteiger partial charge < -0.3 is 10.8 Å². The summed E-state index contributed by atoms with van der Waals surface area (Å²) in [5.74, 6) is 0. The van der Waals surface area contributed by atoms with Crippen molar-refractivity contribution in [3.05, 3.63) is 24.3 Å². The van der Waals surface area contributed by atoms with Gasteiger partial charge in [0, 0.05) is 18.8 Å². The van der Waals surface area contributed by atoms with Gasteiger partial charge in [-0.25, -0.2) is 8.42 Å². The zero-order valence-corrected chi connectivity index (χ0v) is 10.7. The van der Waals surface area contributed by atoms with Crippen molar-refractivity contribution in [2.45, 2.75) is 18.2 Å². The molecule has 0 aromatic heterocycles. The summed E-state index contributed by atoms with van der Waals surface area (Å²) in [5, 5.41) is 8.89. The Labute approximate surface area is 102 Å². The minimum atomic E-state index is -3.52. The van der Waals surface area contributed by atoms with Crippen molar-refractivity contribution in [2.24, 2.45) is 0 Å². The van der Waals surface area contributed by atoms with Crippen molar-refractivity contribution in [2.75, 3.05) is 25.4 Å². The molecule has 0 radical (unpaired) electrons. The highest BCUT2D eigenvalue weighted by molar-refractivity contribution is 7.89. The fourth-order valence-corrected chi connectivity index (χ4v) is 3.03. The van der Waals surface area contributed by atoms with Crippen LogP contribution < -0.4 is 5.73 Å². The number of nitrogens with two attached hydrogens (primary N) is 1. The molecule has 0 spiro atoms. The number of anilines is 1. The quantitative estimate of drug-likeness (QED) is 0.734. The number of aliphatic hydroxyl groups is 1. The SMILES string of the molecule is CCCN(CCO)S(=O)(=O)c1ccc(N)cc1. The van der Waals surface area contributed by atoms with Gasteiger partial charge in [-0.15, -0.1) is 0 Å². The van der Waals surface area contributed by atoms with E-state index < -0.39 is 10.0 Å². The molecule has 0 saturated carbocycles. The molecule has 0 unspecified atom stereocenters. The monoisotopic (exact) mass is 258 g/mol. The van der Waals surface area contributed by atoms with Gasteiger partial charge >= 0.3 is 0 Å². The van der Waals surface area contributed by atoms with Gasteiger partial charge in [-0.3, -0.25) is 0 Å². The second-order valence-corrected chi connectivity index (χ2v) is 5.63. The van der Waals surface area contributed by atoms with Crippen LogP contribution in [0.3, 0.4) is 0 Å². The first-order valence-corrected chi connectivity index (χ1v) is 6.93. The van der Waals surface area contributed by atoms with Gasteiger partial charge in [0.15, 0.2) is 0 Å². The molecule has 0 heterocycles. The number of nitrogens with zero attached hydrogens (tertiary/aromatic N) is 1. The van der Waals surface area contributed by atoms with Gasteiger partial charge in [-0.2, -0.15) is 4.31 Å². The Morgan fingerprint density at radius 3 is 2.29 bits per heavy atom. The van der Waals surface area contributed by atoms with E-state index in [2.05, 4.69) is 0 Å². The number of hydrogen-bond acceptors (Lipinski definition) is 4. The molecule has 0 aliphatic rings. The maximum Gasteiger partial charge on any atom is 0.243 e. The van der Waals surface area contributed by atoms with Crippen LogP contribution in [0.5, 0.6) is 0 Å². The second-order valence-electron chi connectivity index (χ2n) is 3.70. The summed E-state index contributed by atoms with van der Waals surface area (Å²) in [4.78, 5) is 0.202. The van der Waals surface area contributed by atoms with E-state index in [1.54, 1.807) is 12.1 Å². The molecule has 3 N–H and O–H groups in total. The Kier molecular flexibility index (Phi) is 4.92. The molecule has 0 amide bonds. The smallest absolute Gasteiger partial charge is 0.243 e. The van der Waals surface area contributed by atoms with Crippen molar-refractivity contribution in [1.29, 1.82) is 0 Å². The minimum absolute atomic E-state index is 0.112. The molecule has 1 aromatic rings. The Morgan fingerprint density at radius 2 is 1.82 bits per heavy atom. The lowest BCUT2D eigenvalue weighted by molar-refractivity contribution is 0.253. The van der Waals surface area contributed by atoms with Crippen LogP contribution in [0.1, 0.15) is 13.3 Å². The number of hydrogen-bond donors (Lipinski definition) is 2. The van der Waals surface area contributed by atoms with Crippen molar-refractivity contribution in [1.82, 2.24) is 4.31 Å². The summed E-state index contributed by atoms with van der Waals surface area (Å²) in [5.41, 5.74) is 6.04. The van der Waals surface area contributed by atoms with Crippen LogP contribution in [-0.2, 0) is 10.0 Å². The van der Waals surface area contributed by atoms with Gasteiger partial charge in [0.25, 0.3) is 0 Å². The minimum Gasteiger partial charge on any atom is -0.399 e. The Balaban J connectivity index is 3.02. The molecule has 0 atom stereocenters. The fourth-order valence-electron chi connectivity index (χ4n) is 1.50. The Hall–Kier alpha value is -1.11. The highest BCUT2D eigenvalue weighted by Gasteiger charge is 2.22. The summed E-state index contributed by atoms with van der Waals surface area (Å²) in [7, 11) is -3.52. The summed E-state index contributed by atoms with van der Waals surface area (Å²) >= 11 is 0. The summed E-state index contributed by atoms with van der Waals surface area (Å²) < 4.78 is 25.7. The van der Waals surface area contributed by atoms with Gasteiger partial charge in [0.2, 0.25) is 10.0 Å². The third-order valence-corrected chi connectivity index (χ3v) is 4.25. The predicted molar refractivity (Wildman–Crippen MR) is 67.0 cm³/mol. The molecular weight excluding hydrogens is 240 g/mol. The molecule has 17 heavy (non-hydrogen) atoms. The number of benzene rings is 1. The molecule has 6 heteroatoms. The second kappa shape index (κ2) is 6.00. The first kappa shape index (κ1) is 14.0. The normalized spacial score (nSPS) is 11.9. The van der Waals surface area contributed by atoms with E-state index >= 15 is 0 Å². The molecule has 1 rings (SSSR count). The molecule has 96 valence electrons. The predicted octanol–water partition coefficient (Wildman–Crippen LogP) is 0.662. The first-order chi connectivity index (χ1) is 8.02. The van der Waals surface area contributed by atoms with Crippen LogP contribution in [0, 0.1) is 0 Å². The van der Waals surface area contributed by atoms with E-state index in [0.29, 0.717) is 18.7 Å². The van der Waals surface area contributed by atoms with E-state index in [4.69, 9.17) is 10.8 Å². The maximum absolute atomic E-state index is 12.2. The van der Waals surface area contributed by atoms with E-state index in [-0.39, 0.29) is 18.0 Å². The maximum atomic E-state index is 12.2. The van der Waals surface area contributed by atoms with Crippen molar-refractivity contribution >= 4 is 15.7 Å². The van der Waals surface area contributed by atoms with E-state index in [1.807, 2.05) is 6.92 Å². The van der Waals surface area contributed by atoms with Gasteiger partial charge in [0.1, 0.15) is 0 Å². The summed E-state index contributed by atoms with van der Waals surface area (Å²) in [6, 6.07) is 6.06. The molecule has 0 bridgehead atoms. The van der Waals surface area contributed by atoms with Gasteiger partial charge in [-0.1, -0.05) is 6.92 Å². The van der Waals surface area contributed by atoms with Gasteiger partial charge in [0.05, 0.1) is 11.5 Å². The van der Waals surface area contributed by atoms with Crippen LogP contribution in [0.4, 0.5) is 5.69 Å². The third kappa shape index (κ3) is 3.42. The fraction of sp³-hybridized carbons (Fsp3) is 0.455. The van der Waals surface area contributed by atoms with Crippen LogP contribution >= 0.6 is 0 Å². The lowest BCUT2D eigenvalue weighted by Gasteiger charge is -2.20. The van der Waals surface area contributed by atoms with Crippen LogP contribution in [0.15, 0.2) is 29.2 Å². The van der Waals surface area contributed by atoms with E-state index in [9.17, 15) is 8.42 Å². The molecule has 0 fully saturated rings. The number of rotatable bonds is 6. The van der Waals surface area contributed by atoms with Crippen molar-refractivity contribution in [3.63, 3.8) is 0 Å².